The number of hydrogen-bond donors (Lipinski definition) is 1. The first kappa shape index (κ1) is 16.1. The highest BCUT2D eigenvalue weighted by Crippen LogP contribution is 2.31. The van der Waals surface area contributed by atoms with Gasteiger partial charge in [-0.3, -0.25) is 9.59 Å². The highest BCUT2D eigenvalue weighted by atomic mass is 35.5. The van der Waals surface area contributed by atoms with E-state index in [1.807, 2.05) is 4.90 Å². The van der Waals surface area contributed by atoms with E-state index < -0.39 is 6.10 Å². The molecule has 5 nitrogen and oxygen atoms in total. The molecule has 1 unspecified atom stereocenters. The fourth-order valence-electron chi connectivity index (χ4n) is 3.36. The summed E-state index contributed by atoms with van der Waals surface area (Å²) in [6.07, 6.45) is 2.55. The molecule has 2 heterocycles. The van der Waals surface area contributed by atoms with Gasteiger partial charge in [0.25, 0.3) is 5.91 Å². The summed E-state index contributed by atoms with van der Waals surface area (Å²) in [4.78, 5) is 25.8. The Kier molecular flexibility index (Phi) is 4.48. The van der Waals surface area contributed by atoms with Crippen molar-refractivity contribution in [3.8, 4) is 5.75 Å². The zero-order valence-electron chi connectivity index (χ0n) is 13.2. The predicted molar refractivity (Wildman–Crippen MR) is 87.5 cm³/mol. The minimum Gasteiger partial charge on any atom is -0.481 e. The van der Waals surface area contributed by atoms with Crippen molar-refractivity contribution in [1.82, 2.24) is 10.2 Å². The molecule has 1 spiro atoms. The molecule has 1 N–H and O–H groups in total. The third-order valence-corrected chi connectivity index (χ3v) is 4.96. The Labute approximate surface area is 140 Å². The number of piperidine rings is 1. The Balaban J connectivity index is 1.55. The van der Waals surface area contributed by atoms with E-state index in [0.29, 0.717) is 30.3 Å². The number of nitrogens with one attached hydrogen (secondary N) is 1. The van der Waals surface area contributed by atoms with Crippen molar-refractivity contribution in [3.63, 3.8) is 0 Å². The standard InChI is InChI=1S/C17H21ClN2O3/c1-12(23-14-4-2-3-13(18)11-14)16(22)20-9-7-17(8-10-20)6-5-15(21)19-17/h2-4,11-12H,5-10H2,1H3,(H,19,21). The third-order valence-electron chi connectivity index (χ3n) is 4.72. The van der Waals surface area contributed by atoms with E-state index >= 15 is 0 Å². The number of likely N-dealkylation sites (tertiary alicyclic amines) is 1. The van der Waals surface area contributed by atoms with Crippen LogP contribution < -0.4 is 10.1 Å². The number of nitrogens with zero attached hydrogens (tertiary/aromatic N) is 1. The van der Waals surface area contributed by atoms with E-state index in [9.17, 15) is 9.59 Å². The largest absolute Gasteiger partial charge is 0.481 e. The van der Waals surface area contributed by atoms with Gasteiger partial charge in [0.05, 0.1) is 0 Å². The number of rotatable bonds is 3. The molecule has 1 aromatic rings. The van der Waals surface area contributed by atoms with E-state index in [1.165, 1.54) is 0 Å². The van der Waals surface area contributed by atoms with Gasteiger partial charge in [-0.2, -0.15) is 0 Å². The summed E-state index contributed by atoms with van der Waals surface area (Å²) in [5.41, 5.74) is -0.0923. The number of carbonyl (C=O) groups is 2. The Morgan fingerprint density at radius 3 is 2.70 bits per heavy atom. The zero-order chi connectivity index (χ0) is 16.4. The van der Waals surface area contributed by atoms with Gasteiger partial charge in [0.1, 0.15) is 5.75 Å². The highest BCUT2D eigenvalue weighted by Gasteiger charge is 2.41. The summed E-state index contributed by atoms with van der Waals surface area (Å²) in [5, 5.41) is 3.66. The second kappa shape index (κ2) is 6.40. The van der Waals surface area contributed by atoms with Crippen LogP contribution in [-0.4, -0.2) is 41.4 Å². The SMILES string of the molecule is CC(Oc1cccc(Cl)c1)C(=O)N1CCC2(CCC(=O)N2)CC1. The van der Waals surface area contributed by atoms with Crippen molar-refractivity contribution in [2.45, 2.75) is 44.2 Å². The van der Waals surface area contributed by atoms with E-state index in [1.54, 1.807) is 31.2 Å². The van der Waals surface area contributed by atoms with Gasteiger partial charge in [0.2, 0.25) is 5.91 Å². The van der Waals surface area contributed by atoms with Gasteiger partial charge in [-0.1, -0.05) is 17.7 Å². The molecule has 6 heteroatoms. The molecule has 2 fully saturated rings. The van der Waals surface area contributed by atoms with E-state index in [0.717, 1.165) is 19.3 Å². The van der Waals surface area contributed by atoms with E-state index in [2.05, 4.69) is 5.32 Å². The molecule has 3 rings (SSSR count). The Morgan fingerprint density at radius 2 is 2.09 bits per heavy atom. The van der Waals surface area contributed by atoms with Crippen LogP contribution in [0.1, 0.15) is 32.6 Å². The minimum atomic E-state index is -0.555. The highest BCUT2D eigenvalue weighted by molar-refractivity contribution is 6.30. The molecule has 0 saturated carbocycles. The molecule has 0 aliphatic carbocycles. The normalized spacial score (nSPS) is 21.1. The lowest BCUT2D eigenvalue weighted by Crippen LogP contribution is -2.54. The number of benzene rings is 1. The van der Waals surface area contributed by atoms with Crippen LogP contribution in [0.15, 0.2) is 24.3 Å². The predicted octanol–water partition coefficient (Wildman–Crippen LogP) is 2.38. The van der Waals surface area contributed by atoms with Crippen LogP contribution in [0.5, 0.6) is 5.75 Å². The van der Waals surface area contributed by atoms with Crippen molar-refractivity contribution >= 4 is 23.4 Å². The molecule has 2 aliphatic heterocycles. The van der Waals surface area contributed by atoms with Gasteiger partial charge in [-0.15, -0.1) is 0 Å². The summed E-state index contributed by atoms with van der Waals surface area (Å²) >= 11 is 5.93. The lowest BCUT2D eigenvalue weighted by Gasteiger charge is -2.39. The molecule has 124 valence electrons. The smallest absolute Gasteiger partial charge is 0.263 e. The molecule has 0 aromatic heterocycles. The Morgan fingerprint density at radius 1 is 1.35 bits per heavy atom. The summed E-state index contributed by atoms with van der Waals surface area (Å²) in [6, 6.07) is 7.04. The first-order valence-corrected chi connectivity index (χ1v) is 8.37. The van der Waals surface area contributed by atoms with Crippen LogP contribution in [0.2, 0.25) is 5.02 Å². The number of ether oxygens (including phenoxy) is 1. The molecule has 2 saturated heterocycles. The third kappa shape index (κ3) is 3.61. The van der Waals surface area contributed by atoms with Gasteiger partial charge >= 0.3 is 0 Å². The molecule has 23 heavy (non-hydrogen) atoms. The first-order chi connectivity index (χ1) is 11.0. The Bertz CT molecular complexity index is 612. The first-order valence-electron chi connectivity index (χ1n) is 7.99. The molecule has 0 bridgehead atoms. The lowest BCUT2D eigenvalue weighted by atomic mass is 9.86. The second-order valence-corrected chi connectivity index (χ2v) is 6.81. The minimum absolute atomic E-state index is 0.0239. The lowest BCUT2D eigenvalue weighted by molar-refractivity contribution is -0.139. The summed E-state index contributed by atoms with van der Waals surface area (Å²) in [6.45, 7) is 3.07. The topological polar surface area (TPSA) is 58.6 Å². The van der Waals surface area contributed by atoms with Crippen LogP contribution >= 0.6 is 11.6 Å². The monoisotopic (exact) mass is 336 g/mol. The molecule has 2 aliphatic rings. The van der Waals surface area contributed by atoms with Crippen LogP contribution in [0.4, 0.5) is 0 Å². The Hall–Kier alpha value is -1.75. The molecule has 2 amide bonds. The van der Waals surface area contributed by atoms with Crippen LogP contribution in [0, 0.1) is 0 Å². The van der Waals surface area contributed by atoms with Gasteiger partial charge in [0.15, 0.2) is 6.10 Å². The van der Waals surface area contributed by atoms with E-state index in [-0.39, 0.29) is 17.4 Å². The van der Waals surface area contributed by atoms with Crippen LogP contribution in [-0.2, 0) is 9.59 Å². The van der Waals surface area contributed by atoms with Gasteiger partial charge in [0, 0.05) is 30.1 Å². The average Bonchev–Trinajstić information content (AvgIpc) is 2.88. The maximum absolute atomic E-state index is 12.5. The molecule has 1 atom stereocenters. The fraction of sp³-hybridized carbons (Fsp3) is 0.529. The van der Waals surface area contributed by atoms with Gasteiger partial charge in [-0.05, 0) is 44.4 Å². The summed E-state index contributed by atoms with van der Waals surface area (Å²) < 4.78 is 5.70. The molecule has 1 aromatic carbocycles. The zero-order valence-corrected chi connectivity index (χ0v) is 13.9. The maximum atomic E-state index is 12.5. The molecular weight excluding hydrogens is 316 g/mol. The van der Waals surface area contributed by atoms with Crippen molar-refractivity contribution in [1.29, 1.82) is 0 Å². The summed E-state index contributed by atoms with van der Waals surface area (Å²) in [7, 11) is 0. The maximum Gasteiger partial charge on any atom is 0.263 e. The van der Waals surface area contributed by atoms with Gasteiger partial charge in [-0.25, -0.2) is 0 Å². The van der Waals surface area contributed by atoms with Crippen LogP contribution in [0.3, 0.4) is 0 Å². The van der Waals surface area contributed by atoms with Crippen molar-refractivity contribution in [2.24, 2.45) is 0 Å². The average molecular weight is 337 g/mol. The molecular formula is C17H21ClN2O3. The van der Waals surface area contributed by atoms with Crippen molar-refractivity contribution < 1.29 is 14.3 Å². The van der Waals surface area contributed by atoms with Crippen molar-refractivity contribution in [3.05, 3.63) is 29.3 Å². The fourth-order valence-corrected chi connectivity index (χ4v) is 3.54. The van der Waals surface area contributed by atoms with E-state index in [4.69, 9.17) is 16.3 Å². The second-order valence-electron chi connectivity index (χ2n) is 6.37. The molecule has 0 radical (unpaired) electrons. The van der Waals surface area contributed by atoms with Gasteiger partial charge < -0.3 is 15.0 Å². The van der Waals surface area contributed by atoms with Crippen LogP contribution in [0.25, 0.3) is 0 Å². The number of carbonyl (C=O) groups excluding carboxylic acids is 2. The number of amides is 2. The quantitative estimate of drug-likeness (QED) is 0.922. The summed E-state index contributed by atoms with van der Waals surface area (Å²) in [5.74, 6) is 0.696. The number of hydrogen-bond acceptors (Lipinski definition) is 3. The number of halogens is 1. The van der Waals surface area contributed by atoms with Crippen molar-refractivity contribution in [2.75, 3.05) is 13.1 Å².